The summed E-state index contributed by atoms with van der Waals surface area (Å²) in [6.07, 6.45) is 2.88. The lowest BCUT2D eigenvalue weighted by Gasteiger charge is -2.33. The molecule has 182 valence electrons. The minimum Gasteiger partial charge on any atom is -0.438 e. The predicted octanol–water partition coefficient (Wildman–Crippen LogP) is 6.32. The van der Waals surface area contributed by atoms with Crippen LogP contribution in [-0.4, -0.2) is 40.4 Å². The highest BCUT2D eigenvalue weighted by Crippen LogP contribution is 2.33. The molecule has 0 spiro atoms. The van der Waals surface area contributed by atoms with Crippen LogP contribution < -0.4 is 9.64 Å². The number of carbonyl (C=O) groups is 1. The molecule has 5 rings (SSSR count). The van der Waals surface area contributed by atoms with Gasteiger partial charge in [0.05, 0.1) is 27.8 Å². The minimum absolute atomic E-state index is 0.107. The molecule has 1 saturated heterocycles. The molecule has 1 fully saturated rings. The van der Waals surface area contributed by atoms with E-state index in [1.807, 2.05) is 31.2 Å². The van der Waals surface area contributed by atoms with Crippen LogP contribution in [0.3, 0.4) is 0 Å². The lowest BCUT2D eigenvalue weighted by atomic mass is 9.99. The third kappa shape index (κ3) is 5.24. The molecule has 2 aliphatic rings. The standard InChI is InChI=1S/C27H28Cl2N4O2/c1-17-3-6-20(7-4-17)35-25-21-16-33(26(34)19-5-8-22(28)23(29)15-19)14-11-24(21)30-27(31-25)32-12-9-18(2)10-13-32/h3-8,15,18H,9-14,16H2,1-2H3. The van der Waals surface area contributed by atoms with Gasteiger partial charge in [0, 0.05) is 31.6 Å². The highest BCUT2D eigenvalue weighted by molar-refractivity contribution is 6.42. The maximum Gasteiger partial charge on any atom is 0.254 e. The van der Waals surface area contributed by atoms with Crippen LogP contribution >= 0.6 is 23.2 Å². The first-order chi connectivity index (χ1) is 16.9. The second kappa shape index (κ2) is 10.0. The molecule has 1 aromatic heterocycles. The van der Waals surface area contributed by atoms with E-state index < -0.39 is 0 Å². The molecule has 0 aliphatic carbocycles. The Morgan fingerprint density at radius 1 is 1.00 bits per heavy atom. The second-order valence-electron chi connectivity index (χ2n) is 9.44. The molecular weight excluding hydrogens is 483 g/mol. The van der Waals surface area contributed by atoms with E-state index in [-0.39, 0.29) is 5.91 Å². The summed E-state index contributed by atoms with van der Waals surface area (Å²) in [5, 5.41) is 0.788. The summed E-state index contributed by atoms with van der Waals surface area (Å²) in [6, 6.07) is 12.9. The molecular formula is C27H28Cl2N4O2. The molecule has 2 aliphatic heterocycles. The maximum atomic E-state index is 13.3. The van der Waals surface area contributed by atoms with Crippen molar-refractivity contribution in [2.24, 2.45) is 5.92 Å². The molecule has 3 heterocycles. The highest BCUT2D eigenvalue weighted by atomic mass is 35.5. The molecule has 0 unspecified atom stereocenters. The Kier molecular flexibility index (Phi) is 6.85. The number of rotatable bonds is 4. The average molecular weight is 511 g/mol. The fraction of sp³-hybridized carbons (Fsp3) is 0.370. The van der Waals surface area contributed by atoms with Crippen LogP contribution in [0.5, 0.6) is 11.6 Å². The smallest absolute Gasteiger partial charge is 0.254 e. The van der Waals surface area contributed by atoms with E-state index in [0.29, 0.717) is 58.6 Å². The number of benzene rings is 2. The number of aryl methyl sites for hydroxylation is 1. The van der Waals surface area contributed by atoms with Crippen LogP contribution in [0.25, 0.3) is 0 Å². The summed E-state index contributed by atoms with van der Waals surface area (Å²) >= 11 is 12.2. The Hall–Kier alpha value is -2.83. The number of anilines is 1. The van der Waals surface area contributed by atoms with E-state index in [9.17, 15) is 4.79 Å². The van der Waals surface area contributed by atoms with Crippen LogP contribution in [0, 0.1) is 12.8 Å². The van der Waals surface area contributed by atoms with E-state index in [0.717, 1.165) is 42.8 Å². The summed E-state index contributed by atoms with van der Waals surface area (Å²) in [6.45, 7) is 7.13. The number of nitrogens with zero attached hydrogens (tertiary/aromatic N) is 4. The SMILES string of the molecule is Cc1ccc(Oc2nc(N3CCC(C)CC3)nc3c2CN(C(=O)c2ccc(Cl)c(Cl)c2)CC3)cc1. The van der Waals surface area contributed by atoms with Crippen molar-refractivity contribution in [2.45, 2.75) is 39.7 Å². The van der Waals surface area contributed by atoms with Gasteiger partial charge in [-0.15, -0.1) is 0 Å². The van der Waals surface area contributed by atoms with Gasteiger partial charge < -0.3 is 14.5 Å². The van der Waals surface area contributed by atoms with Crippen molar-refractivity contribution in [2.75, 3.05) is 24.5 Å². The summed E-state index contributed by atoms with van der Waals surface area (Å²) in [5.41, 5.74) is 3.45. The Morgan fingerprint density at radius 2 is 1.74 bits per heavy atom. The van der Waals surface area contributed by atoms with Gasteiger partial charge in [0.1, 0.15) is 5.75 Å². The van der Waals surface area contributed by atoms with Gasteiger partial charge in [-0.2, -0.15) is 4.98 Å². The molecule has 2 aromatic carbocycles. The molecule has 0 N–H and O–H groups in total. The number of halogens is 2. The number of carbonyl (C=O) groups excluding carboxylic acids is 1. The molecule has 3 aromatic rings. The zero-order chi connectivity index (χ0) is 24.5. The maximum absolute atomic E-state index is 13.3. The van der Waals surface area contributed by atoms with E-state index in [4.69, 9.17) is 37.9 Å². The van der Waals surface area contributed by atoms with Gasteiger partial charge in [-0.1, -0.05) is 47.8 Å². The average Bonchev–Trinajstić information content (AvgIpc) is 2.87. The van der Waals surface area contributed by atoms with Crippen molar-refractivity contribution < 1.29 is 9.53 Å². The summed E-state index contributed by atoms with van der Waals surface area (Å²) in [5.74, 6) is 2.54. The van der Waals surface area contributed by atoms with Crippen molar-refractivity contribution in [3.8, 4) is 11.6 Å². The molecule has 0 atom stereocenters. The Bertz CT molecular complexity index is 1240. The van der Waals surface area contributed by atoms with Gasteiger partial charge in [-0.3, -0.25) is 4.79 Å². The van der Waals surface area contributed by atoms with Gasteiger partial charge in [-0.05, 0) is 56.0 Å². The van der Waals surface area contributed by atoms with Crippen molar-refractivity contribution in [1.82, 2.24) is 14.9 Å². The molecule has 8 heteroatoms. The lowest BCUT2D eigenvalue weighted by Crippen LogP contribution is -2.38. The summed E-state index contributed by atoms with van der Waals surface area (Å²) in [4.78, 5) is 27.1. The quantitative estimate of drug-likeness (QED) is 0.411. The zero-order valence-electron chi connectivity index (χ0n) is 19.9. The first-order valence-electron chi connectivity index (χ1n) is 12.0. The monoisotopic (exact) mass is 510 g/mol. The van der Waals surface area contributed by atoms with E-state index in [1.165, 1.54) is 0 Å². The molecule has 0 bridgehead atoms. The third-order valence-corrected chi connectivity index (χ3v) is 7.51. The zero-order valence-corrected chi connectivity index (χ0v) is 21.4. The van der Waals surface area contributed by atoms with E-state index in [2.05, 4.69) is 11.8 Å². The lowest BCUT2D eigenvalue weighted by molar-refractivity contribution is 0.0732. The van der Waals surface area contributed by atoms with Crippen LogP contribution in [0.2, 0.25) is 10.0 Å². The Morgan fingerprint density at radius 3 is 2.46 bits per heavy atom. The van der Waals surface area contributed by atoms with E-state index in [1.54, 1.807) is 23.1 Å². The Labute approximate surface area is 215 Å². The van der Waals surface area contributed by atoms with Gasteiger partial charge in [-0.25, -0.2) is 4.98 Å². The van der Waals surface area contributed by atoms with Gasteiger partial charge in [0.2, 0.25) is 11.8 Å². The number of hydrogen-bond donors (Lipinski definition) is 0. The largest absolute Gasteiger partial charge is 0.438 e. The second-order valence-corrected chi connectivity index (χ2v) is 10.3. The first-order valence-corrected chi connectivity index (χ1v) is 12.8. The van der Waals surface area contributed by atoms with Crippen LogP contribution in [0.15, 0.2) is 42.5 Å². The predicted molar refractivity (Wildman–Crippen MR) is 139 cm³/mol. The Balaban J connectivity index is 1.47. The molecule has 1 amide bonds. The van der Waals surface area contributed by atoms with Crippen LogP contribution in [-0.2, 0) is 13.0 Å². The van der Waals surface area contributed by atoms with Crippen LogP contribution in [0.1, 0.15) is 46.9 Å². The normalized spacial score (nSPS) is 16.2. The van der Waals surface area contributed by atoms with Crippen LogP contribution in [0.4, 0.5) is 5.95 Å². The van der Waals surface area contributed by atoms with Crippen molar-refractivity contribution in [1.29, 1.82) is 0 Å². The first kappa shape index (κ1) is 23.9. The molecule has 35 heavy (non-hydrogen) atoms. The number of ether oxygens (including phenoxy) is 1. The van der Waals surface area contributed by atoms with Crippen molar-refractivity contribution in [3.05, 3.63) is 74.9 Å². The van der Waals surface area contributed by atoms with Crippen molar-refractivity contribution in [3.63, 3.8) is 0 Å². The van der Waals surface area contributed by atoms with E-state index >= 15 is 0 Å². The summed E-state index contributed by atoms with van der Waals surface area (Å²) in [7, 11) is 0. The van der Waals surface area contributed by atoms with Gasteiger partial charge >= 0.3 is 0 Å². The van der Waals surface area contributed by atoms with Gasteiger partial charge in [0.15, 0.2) is 0 Å². The third-order valence-electron chi connectivity index (χ3n) is 6.77. The topological polar surface area (TPSA) is 58.6 Å². The molecule has 0 saturated carbocycles. The molecule has 6 nitrogen and oxygen atoms in total. The number of piperidine rings is 1. The van der Waals surface area contributed by atoms with Gasteiger partial charge in [0.25, 0.3) is 5.91 Å². The highest BCUT2D eigenvalue weighted by Gasteiger charge is 2.29. The number of hydrogen-bond acceptors (Lipinski definition) is 5. The fourth-order valence-electron chi connectivity index (χ4n) is 4.51. The fourth-order valence-corrected chi connectivity index (χ4v) is 4.81. The number of aromatic nitrogens is 2. The summed E-state index contributed by atoms with van der Waals surface area (Å²) < 4.78 is 6.30. The number of amides is 1. The number of fused-ring (bicyclic) bond motifs is 1. The van der Waals surface area contributed by atoms with Crippen molar-refractivity contribution >= 4 is 35.1 Å². The minimum atomic E-state index is -0.107. The molecule has 0 radical (unpaired) electrons.